The number of amides is 2. The van der Waals surface area contributed by atoms with Gasteiger partial charge in [0.2, 0.25) is 0 Å². The van der Waals surface area contributed by atoms with E-state index in [0.29, 0.717) is 11.7 Å². The van der Waals surface area contributed by atoms with Gasteiger partial charge >= 0.3 is 6.03 Å². The minimum absolute atomic E-state index is 0.0658. The highest BCUT2D eigenvalue weighted by molar-refractivity contribution is 5.89. The third kappa shape index (κ3) is 1.80. The number of carbonyl (C=O) groups is 1. The van der Waals surface area contributed by atoms with Crippen molar-refractivity contribution >= 4 is 11.7 Å². The summed E-state index contributed by atoms with van der Waals surface area (Å²) in [4.78, 5) is 13.2. The topological polar surface area (TPSA) is 61.0 Å². The molecule has 1 aromatic rings. The van der Waals surface area contributed by atoms with Gasteiger partial charge in [0.1, 0.15) is 0 Å². The van der Waals surface area contributed by atoms with Gasteiger partial charge in [0.15, 0.2) is 0 Å². The van der Waals surface area contributed by atoms with E-state index in [9.17, 15) is 4.79 Å². The largest absolute Gasteiger partial charge is 0.325 e. The zero-order chi connectivity index (χ0) is 9.26. The molecule has 2 N–H and O–H groups in total. The summed E-state index contributed by atoms with van der Waals surface area (Å²) in [5.74, 6) is 0. The molecule has 2 rings (SSSR count). The average molecular weight is 180 g/mol. The smallest absolute Gasteiger partial charge is 0.321 e. The quantitative estimate of drug-likeness (QED) is 0.714. The zero-order valence-electron chi connectivity index (χ0n) is 7.45. The molecule has 1 heterocycles. The maximum absolute atomic E-state index is 11.5. The molecular formula is C8H12N4O. The standard InChI is InChI=1S/C8H12N4O/c1-12(7-2-3-7)8(13)11-6-4-9-10-5-6/h4-5,7H,2-3H2,1H3,(H,9,10)(H,11,13). The van der Waals surface area contributed by atoms with Crippen LogP contribution in [0.2, 0.25) is 0 Å². The first-order valence-electron chi connectivity index (χ1n) is 4.30. The Morgan fingerprint density at radius 3 is 3.08 bits per heavy atom. The van der Waals surface area contributed by atoms with Crippen molar-refractivity contribution in [1.82, 2.24) is 15.1 Å². The maximum atomic E-state index is 11.5. The lowest BCUT2D eigenvalue weighted by Crippen LogP contribution is -2.32. The Kier molecular flexibility index (Phi) is 1.92. The highest BCUT2D eigenvalue weighted by Crippen LogP contribution is 2.25. The van der Waals surface area contributed by atoms with E-state index in [2.05, 4.69) is 15.5 Å². The van der Waals surface area contributed by atoms with E-state index in [0.717, 1.165) is 12.8 Å². The molecule has 5 heteroatoms. The van der Waals surface area contributed by atoms with E-state index in [-0.39, 0.29) is 6.03 Å². The van der Waals surface area contributed by atoms with Crippen molar-refractivity contribution in [2.45, 2.75) is 18.9 Å². The van der Waals surface area contributed by atoms with Crippen molar-refractivity contribution in [3.05, 3.63) is 12.4 Å². The Balaban J connectivity index is 1.90. The summed E-state index contributed by atoms with van der Waals surface area (Å²) in [5.41, 5.74) is 0.706. The number of carbonyl (C=O) groups excluding carboxylic acids is 1. The van der Waals surface area contributed by atoms with E-state index in [4.69, 9.17) is 0 Å². The Morgan fingerprint density at radius 1 is 1.77 bits per heavy atom. The Morgan fingerprint density at radius 2 is 2.54 bits per heavy atom. The molecule has 0 aliphatic heterocycles. The fourth-order valence-electron chi connectivity index (χ4n) is 1.16. The molecule has 2 amide bonds. The second-order valence-corrected chi connectivity index (χ2v) is 3.26. The van der Waals surface area contributed by atoms with E-state index in [1.165, 1.54) is 0 Å². The molecule has 0 aromatic carbocycles. The highest BCUT2D eigenvalue weighted by atomic mass is 16.2. The number of H-pyrrole nitrogens is 1. The summed E-state index contributed by atoms with van der Waals surface area (Å²) in [6, 6.07) is 0.371. The number of rotatable bonds is 2. The summed E-state index contributed by atoms with van der Waals surface area (Å²) in [7, 11) is 1.81. The highest BCUT2D eigenvalue weighted by Gasteiger charge is 2.29. The number of nitrogens with one attached hydrogen (secondary N) is 2. The number of aromatic nitrogens is 2. The predicted octanol–water partition coefficient (Wildman–Crippen LogP) is 1.04. The van der Waals surface area contributed by atoms with Crippen molar-refractivity contribution < 1.29 is 4.79 Å². The fourth-order valence-corrected chi connectivity index (χ4v) is 1.16. The number of hydrogen-bond acceptors (Lipinski definition) is 2. The summed E-state index contributed by atoms with van der Waals surface area (Å²) in [6.45, 7) is 0. The SMILES string of the molecule is CN(C(=O)Nc1cn[nH]c1)C1CC1. The molecule has 13 heavy (non-hydrogen) atoms. The van der Waals surface area contributed by atoms with Gasteiger partial charge in [-0.3, -0.25) is 5.10 Å². The number of anilines is 1. The summed E-state index contributed by atoms with van der Waals surface area (Å²) in [6.07, 6.45) is 5.47. The normalized spacial score (nSPS) is 15.5. The molecule has 0 spiro atoms. The lowest BCUT2D eigenvalue weighted by molar-refractivity contribution is 0.220. The van der Waals surface area contributed by atoms with Gasteiger partial charge in [0.25, 0.3) is 0 Å². The molecule has 0 bridgehead atoms. The molecule has 1 fully saturated rings. The van der Waals surface area contributed by atoms with Crippen molar-refractivity contribution in [2.24, 2.45) is 0 Å². The second kappa shape index (κ2) is 3.08. The van der Waals surface area contributed by atoms with Crippen molar-refractivity contribution in [1.29, 1.82) is 0 Å². The fraction of sp³-hybridized carbons (Fsp3) is 0.500. The summed E-state index contributed by atoms with van der Waals surface area (Å²) < 4.78 is 0. The van der Waals surface area contributed by atoms with Gasteiger partial charge in [-0.1, -0.05) is 0 Å². The van der Waals surface area contributed by atoms with E-state index >= 15 is 0 Å². The van der Waals surface area contributed by atoms with Crippen LogP contribution in [0.4, 0.5) is 10.5 Å². The van der Waals surface area contributed by atoms with Crippen LogP contribution >= 0.6 is 0 Å². The van der Waals surface area contributed by atoms with Crippen molar-refractivity contribution in [3.63, 3.8) is 0 Å². The Bertz CT molecular complexity index is 291. The monoisotopic (exact) mass is 180 g/mol. The van der Waals surface area contributed by atoms with Gasteiger partial charge in [0, 0.05) is 19.3 Å². The molecule has 5 nitrogen and oxygen atoms in total. The lowest BCUT2D eigenvalue weighted by Gasteiger charge is -2.15. The van der Waals surface area contributed by atoms with E-state index in [1.54, 1.807) is 17.3 Å². The second-order valence-electron chi connectivity index (χ2n) is 3.26. The van der Waals surface area contributed by atoms with Gasteiger partial charge in [-0.2, -0.15) is 5.10 Å². The number of urea groups is 1. The van der Waals surface area contributed by atoms with E-state index in [1.807, 2.05) is 7.05 Å². The van der Waals surface area contributed by atoms with Crippen LogP contribution in [0.3, 0.4) is 0 Å². The molecule has 1 saturated carbocycles. The van der Waals surface area contributed by atoms with Gasteiger partial charge in [-0.15, -0.1) is 0 Å². The van der Waals surface area contributed by atoms with Crippen LogP contribution in [-0.4, -0.2) is 34.2 Å². The van der Waals surface area contributed by atoms with Crippen LogP contribution < -0.4 is 5.32 Å². The molecule has 0 radical (unpaired) electrons. The van der Waals surface area contributed by atoms with Crippen molar-refractivity contribution in [2.75, 3.05) is 12.4 Å². The van der Waals surface area contributed by atoms with Gasteiger partial charge < -0.3 is 10.2 Å². The maximum Gasteiger partial charge on any atom is 0.321 e. The third-order valence-corrected chi connectivity index (χ3v) is 2.16. The molecular weight excluding hydrogens is 168 g/mol. The van der Waals surface area contributed by atoms with E-state index < -0.39 is 0 Å². The number of hydrogen-bond donors (Lipinski definition) is 2. The van der Waals surface area contributed by atoms with Crippen LogP contribution in [0.25, 0.3) is 0 Å². The van der Waals surface area contributed by atoms with Crippen LogP contribution in [-0.2, 0) is 0 Å². The van der Waals surface area contributed by atoms with Crippen LogP contribution in [0, 0.1) is 0 Å². The summed E-state index contributed by atoms with van der Waals surface area (Å²) in [5, 5.41) is 9.11. The number of aromatic amines is 1. The van der Waals surface area contributed by atoms with Crippen molar-refractivity contribution in [3.8, 4) is 0 Å². The molecule has 70 valence electrons. The van der Waals surface area contributed by atoms with Gasteiger partial charge in [0.05, 0.1) is 11.9 Å². The summed E-state index contributed by atoms with van der Waals surface area (Å²) >= 11 is 0. The van der Waals surface area contributed by atoms with Crippen LogP contribution in [0.15, 0.2) is 12.4 Å². The molecule has 1 aromatic heterocycles. The number of nitrogens with zero attached hydrogens (tertiary/aromatic N) is 2. The average Bonchev–Trinajstić information content (AvgIpc) is 2.85. The first-order chi connectivity index (χ1) is 6.27. The van der Waals surface area contributed by atoms with Gasteiger partial charge in [-0.05, 0) is 12.8 Å². The Labute approximate surface area is 76.1 Å². The minimum Gasteiger partial charge on any atom is -0.325 e. The molecule has 0 unspecified atom stereocenters. The lowest BCUT2D eigenvalue weighted by atomic mass is 10.5. The third-order valence-electron chi connectivity index (χ3n) is 2.16. The zero-order valence-corrected chi connectivity index (χ0v) is 7.45. The first kappa shape index (κ1) is 8.10. The van der Waals surface area contributed by atoms with Gasteiger partial charge in [-0.25, -0.2) is 4.79 Å². The molecule has 0 atom stereocenters. The van der Waals surface area contributed by atoms with Crippen LogP contribution in [0.1, 0.15) is 12.8 Å². The Hall–Kier alpha value is -1.52. The molecule has 1 aliphatic carbocycles. The molecule has 0 saturated heterocycles. The molecule has 1 aliphatic rings. The van der Waals surface area contributed by atoms with Crippen LogP contribution in [0.5, 0.6) is 0 Å². The first-order valence-corrected chi connectivity index (χ1v) is 4.30. The minimum atomic E-state index is -0.0658. The predicted molar refractivity (Wildman–Crippen MR) is 48.4 cm³/mol.